The number of rotatable bonds is 7. The summed E-state index contributed by atoms with van der Waals surface area (Å²) in [4.78, 5) is 14.7. The van der Waals surface area contributed by atoms with Gasteiger partial charge in [0.1, 0.15) is 18.1 Å². The van der Waals surface area contributed by atoms with Crippen molar-refractivity contribution in [2.45, 2.75) is 46.5 Å². The Kier molecular flexibility index (Phi) is 6.70. The quantitative estimate of drug-likeness (QED) is 0.787. The molecule has 1 fully saturated rings. The molecule has 7 nitrogen and oxygen atoms in total. The van der Waals surface area contributed by atoms with Crippen LogP contribution in [0.4, 0.5) is 0 Å². The Balaban J connectivity index is 1.44. The second-order valence-corrected chi connectivity index (χ2v) is 7.39. The zero-order chi connectivity index (χ0) is 20.1. The standard InChI is InChI=1S/C21H29N3O4/c1-14-11-24(12-15(2)27-14)10-9-22-21(25)18-5-7-19(8-6-18)26-13-20-16(3)23-28-17(20)4/h5-8,14-15H,9-13H2,1-4H3,(H,22,25)/t14-,15+. The van der Waals surface area contributed by atoms with Crippen molar-refractivity contribution in [1.29, 1.82) is 0 Å². The number of hydrogen-bond acceptors (Lipinski definition) is 6. The molecule has 28 heavy (non-hydrogen) atoms. The molecular formula is C21H29N3O4. The van der Waals surface area contributed by atoms with E-state index in [2.05, 4.69) is 29.2 Å². The van der Waals surface area contributed by atoms with Crippen LogP contribution in [-0.4, -0.2) is 54.4 Å². The van der Waals surface area contributed by atoms with Crippen LogP contribution in [0, 0.1) is 13.8 Å². The molecule has 0 aliphatic carbocycles. The number of ether oxygens (including phenoxy) is 2. The van der Waals surface area contributed by atoms with E-state index < -0.39 is 0 Å². The highest BCUT2D eigenvalue weighted by atomic mass is 16.5. The Morgan fingerprint density at radius 3 is 2.50 bits per heavy atom. The van der Waals surface area contributed by atoms with E-state index in [0.29, 0.717) is 24.5 Å². The molecule has 0 bridgehead atoms. The first-order valence-corrected chi connectivity index (χ1v) is 9.73. The van der Waals surface area contributed by atoms with Crippen LogP contribution < -0.4 is 10.1 Å². The topological polar surface area (TPSA) is 76.8 Å². The van der Waals surface area contributed by atoms with Gasteiger partial charge in [-0.05, 0) is 52.0 Å². The lowest BCUT2D eigenvalue weighted by Crippen LogP contribution is -2.47. The highest BCUT2D eigenvalue weighted by molar-refractivity contribution is 5.94. The van der Waals surface area contributed by atoms with Gasteiger partial charge in [0.15, 0.2) is 0 Å². The fourth-order valence-electron chi connectivity index (χ4n) is 3.46. The van der Waals surface area contributed by atoms with E-state index in [1.165, 1.54) is 0 Å². The SMILES string of the molecule is Cc1noc(C)c1COc1ccc(C(=O)NCCN2C[C@@H](C)O[C@@H](C)C2)cc1. The molecule has 1 amide bonds. The molecule has 0 saturated carbocycles. The normalized spacial score (nSPS) is 20.1. The van der Waals surface area contributed by atoms with Crippen molar-refractivity contribution in [1.82, 2.24) is 15.4 Å². The van der Waals surface area contributed by atoms with Crippen LogP contribution in [0.15, 0.2) is 28.8 Å². The number of morpholine rings is 1. The zero-order valence-electron chi connectivity index (χ0n) is 17.0. The number of aryl methyl sites for hydroxylation is 2. The third-order valence-corrected chi connectivity index (χ3v) is 4.89. The minimum atomic E-state index is -0.0772. The summed E-state index contributed by atoms with van der Waals surface area (Å²) in [6.45, 7) is 11.5. The van der Waals surface area contributed by atoms with Gasteiger partial charge in [0.2, 0.25) is 0 Å². The molecule has 1 saturated heterocycles. The molecule has 0 spiro atoms. The predicted molar refractivity (Wildman–Crippen MR) is 106 cm³/mol. The van der Waals surface area contributed by atoms with Crippen LogP contribution in [-0.2, 0) is 11.3 Å². The van der Waals surface area contributed by atoms with E-state index >= 15 is 0 Å². The molecule has 7 heteroatoms. The lowest BCUT2D eigenvalue weighted by atomic mass is 10.2. The number of hydrogen-bond donors (Lipinski definition) is 1. The Bertz CT molecular complexity index is 758. The summed E-state index contributed by atoms with van der Waals surface area (Å²) in [6, 6.07) is 7.16. The van der Waals surface area contributed by atoms with Gasteiger partial charge < -0.3 is 19.3 Å². The average molecular weight is 387 g/mol. The van der Waals surface area contributed by atoms with E-state index in [1.54, 1.807) is 24.3 Å². The summed E-state index contributed by atoms with van der Waals surface area (Å²) in [7, 11) is 0. The molecule has 1 aliphatic rings. The molecule has 152 valence electrons. The minimum Gasteiger partial charge on any atom is -0.489 e. The van der Waals surface area contributed by atoms with Crippen molar-refractivity contribution < 1.29 is 18.8 Å². The van der Waals surface area contributed by atoms with Crippen molar-refractivity contribution in [2.24, 2.45) is 0 Å². The van der Waals surface area contributed by atoms with Gasteiger partial charge in [-0.15, -0.1) is 0 Å². The van der Waals surface area contributed by atoms with Gasteiger partial charge in [0.25, 0.3) is 5.91 Å². The summed E-state index contributed by atoms with van der Waals surface area (Å²) in [6.07, 6.45) is 0.467. The van der Waals surface area contributed by atoms with Crippen molar-refractivity contribution in [2.75, 3.05) is 26.2 Å². The van der Waals surface area contributed by atoms with Gasteiger partial charge in [0.05, 0.1) is 23.5 Å². The first-order valence-electron chi connectivity index (χ1n) is 9.73. The van der Waals surface area contributed by atoms with Crippen molar-refractivity contribution >= 4 is 5.91 Å². The fourth-order valence-corrected chi connectivity index (χ4v) is 3.46. The second-order valence-electron chi connectivity index (χ2n) is 7.39. The molecule has 1 aliphatic heterocycles. The van der Waals surface area contributed by atoms with Gasteiger partial charge >= 0.3 is 0 Å². The molecule has 0 unspecified atom stereocenters. The van der Waals surface area contributed by atoms with E-state index in [1.807, 2.05) is 13.8 Å². The lowest BCUT2D eigenvalue weighted by Gasteiger charge is -2.35. The summed E-state index contributed by atoms with van der Waals surface area (Å²) < 4.78 is 16.6. The Morgan fingerprint density at radius 2 is 1.89 bits per heavy atom. The number of carbonyl (C=O) groups excluding carboxylic acids is 1. The van der Waals surface area contributed by atoms with Gasteiger partial charge in [-0.2, -0.15) is 0 Å². The predicted octanol–water partition coefficient (Wildman–Crippen LogP) is 2.71. The van der Waals surface area contributed by atoms with E-state index in [9.17, 15) is 4.79 Å². The van der Waals surface area contributed by atoms with Crippen LogP contribution >= 0.6 is 0 Å². The van der Waals surface area contributed by atoms with Gasteiger partial charge in [0, 0.05) is 31.7 Å². The number of nitrogens with zero attached hydrogens (tertiary/aromatic N) is 2. The number of amides is 1. The fraction of sp³-hybridized carbons (Fsp3) is 0.524. The van der Waals surface area contributed by atoms with E-state index in [4.69, 9.17) is 14.0 Å². The van der Waals surface area contributed by atoms with Crippen LogP contribution in [0.2, 0.25) is 0 Å². The molecule has 3 rings (SSSR count). The van der Waals surface area contributed by atoms with Gasteiger partial charge in [-0.3, -0.25) is 9.69 Å². The minimum absolute atomic E-state index is 0.0772. The Hall–Kier alpha value is -2.38. The highest BCUT2D eigenvalue weighted by Crippen LogP contribution is 2.18. The van der Waals surface area contributed by atoms with Crippen molar-refractivity contribution in [3.63, 3.8) is 0 Å². The molecule has 1 aromatic heterocycles. The smallest absolute Gasteiger partial charge is 0.251 e. The Labute approximate surface area is 166 Å². The third kappa shape index (κ3) is 5.33. The van der Waals surface area contributed by atoms with Crippen molar-refractivity contribution in [3.05, 3.63) is 46.8 Å². The number of carbonyl (C=O) groups is 1. The van der Waals surface area contributed by atoms with Gasteiger partial charge in [-0.1, -0.05) is 5.16 Å². The lowest BCUT2D eigenvalue weighted by molar-refractivity contribution is -0.0672. The summed E-state index contributed by atoms with van der Waals surface area (Å²) in [5, 5.41) is 6.90. The van der Waals surface area contributed by atoms with E-state index in [-0.39, 0.29) is 18.1 Å². The van der Waals surface area contributed by atoms with Crippen LogP contribution in [0.5, 0.6) is 5.75 Å². The molecule has 2 aromatic rings. The van der Waals surface area contributed by atoms with Crippen molar-refractivity contribution in [3.8, 4) is 5.75 Å². The van der Waals surface area contributed by atoms with Crippen LogP contribution in [0.3, 0.4) is 0 Å². The highest BCUT2D eigenvalue weighted by Gasteiger charge is 2.21. The average Bonchev–Trinajstić information content (AvgIpc) is 2.97. The number of nitrogens with one attached hydrogen (secondary N) is 1. The molecule has 1 aromatic carbocycles. The third-order valence-electron chi connectivity index (χ3n) is 4.89. The summed E-state index contributed by atoms with van der Waals surface area (Å²) >= 11 is 0. The zero-order valence-corrected chi connectivity index (χ0v) is 17.0. The maximum absolute atomic E-state index is 12.3. The number of aromatic nitrogens is 1. The van der Waals surface area contributed by atoms with Gasteiger partial charge in [-0.25, -0.2) is 0 Å². The van der Waals surface area contributed by atoms with E-state index in [0.717, 1.165) is 36.7 Å². The molecule has 2 heterocycles. The second kappa shape index (κ2) is 9.21. The van der Waals surface area contributed by atoms with Crippen LogP contribution in [0.25, 0.3) is 0 Å². The largest absolute Gasteiger partial charge is 0.489 e. The maximum Gasteiger partial charge on any atom is 0.251 e. The monoisotopic (exact) mass is 387 g/mol. The Morgan fingerprint density at radius 1 is 1.21 bits per heavy atom. The first-order chi connectivity index (χ1) is 13.4. The molecule has 2 atom stereocenters. The maximum atomic E-state index is 12.3. The number of benzene rings is 1. The van der Waals surface area contributed by atoms with Crippen LogP contribution in [0.1, 0.15) is 41.2 Å². The summed E-state index contributed by atoms with van der Waals surface area (Å²) in [5.74, 6) is 1.39. The molecular weight excluding hydrogens is 358 g/mol. The first kappa shape index (κ1) is 20.4. The molecule has 1 N–H and O–H groups in total. The molecule has 0 radical (unpaired) electrons. The summed E-state index contributed by atoms with van der Waals surface area (Å²) in [5.41, 5.74) is 2.40.